The van der Waals surface area contributed by atoms with Gasteiger partial charge >= 0.3 is 0 Å². The van der Waals surface area contributed by atoms with Crippen molar-refractivity contribution in [1.29, 1.82) is 0 Å². The molecular weight excluding hydrogens is 372 g/mol. The quantitative estimate of drug-likeness (QED) is 0.354. The molecule has 4 aromatic rings. The van der Waals surface area contributed by atoms with Crippen LogP contribution in [0.5, 0.6) is 0 Å². The van der Waals surface area contributed by atoms with Gasteiger partial charge in [-0.05, 0) is 87.2 Å². The second kappa shape index (κ2) is 7.39. The van der Waals surface area contributed by atoms with E-state index in [1.807, 2.05) is 0 Å². The maximum absolute atomic E-state index is 2.48. The lowest BCUT2D eigenvalue weighted by Gasteiger charge is -2.22. The van der Waals surface area contributed by atoms with Gasteiger partial charge in [-0.15, -0.1) is 0 Å². The van der Waals surface area contributed by atoms with Crippen LogP contribution in [0.3, 0.4) is 0 Å². The Balaban J connectivity index is 1.72. The van der Waals surface area contributed by atoms with Gasteiger partial charge in [-0.2, -0.15) is 0 Å². The van der Waals surface area contributed by atoms with E-state index < -0.39 is 0 Å². The minimum atomic E-state index is 1.10. The molecule has 6 rings (SSSR count). The van der Waals surface area contributed by atoms with Crippen molar-refractivity contribution in [3.05, 3.63) is 105 Å². The van der Waals surface area contributed by atoms with Crippen LogP contribution in [0, 0.1) is 6.92 Å². The Morgan fingerprint density at radius 1 is 0.613 bits per heavy atom. The molecule has 0 spiro atoms. The van der Waals surface area contributed by atoms with E-state index in [4.69, 9.17) is 0 Å². The second-order valence-corrected chi connectivity index (χ2v) is 8.84. The molecule has 0 radical (unpaired) electrons. The first kappa shape index (κ1) is 18.4. The molecule has 4 aromatic carbocycles. The average Bonchev–Trinajstić information content (AvgIpc) is 2.83. The fourth-order valence-electron chi connectivity index (χ4n) is 5.36. The van der Waals surface area contributed by atoms with Crippen molar-refractivity contribution in [3.8, 4) is 11.1 Å². The van der Waals surface area contributed by atoms with Gasteiger partial charge in [0.05, 0.1) is 0 Å². The fourth-order valence-corrected chi connectivity index (χ4v) is 5.36. The zero-order valence-electron chi connectivity index (χ0n) is 18.0. The highest BCUT2D eigenvalue weighted by Crippen LogP contribution is 2.35. The molecule has 0 heteroatoms. The zero-order valence-corrected chi connectivity index (χ0v) is 18.0. The fraction of sp³-hybridized carbons (Fsp3) is 0.161. The Morgan fingerprint density at radius 2 is 1.26 bits per heavy atom. The number of aryl methyl sites for hydroxylation is 2. The highest BCUT2D eigenvalue weighted by molar-refractivity contribution is 6.05. The summed E-state index contributed by atoms with van der Waals surface area (Å²) in [5.41, 5.74) is 9.79. The summed E-state index contributed by atoms with van der Waals surface area (Å²) in [4.78, 5) is 0. The van der Waals surface area contributed by atoms with Crippen LogP contribution < -0.4 is 10.4 Å². The molecule has 31 heavy (non-hydrogen) atoms. The van der Waals surface area contributed by atoms with Crippen LogP contribution in [0.2, 0.25) is 0 Å². The number of hydrogen-bond donors (Lipinski definition) is 0. The third-order valence-corrected chi connectivity index (χ3v) is 6.87. The van der Waals surface area contributed by atoms with Crippen LogP contribution in [-0.2, 0) is 6.42 Å². The molecular formula is C31H26. The lowest BCUT2D eigenvalue weighted by molar-refractivity contribution is 0.999. The van der Waals surface area contributed by atoms with Gasteiger partial charge in [0.15, 0.2) is 0 Å². The standard InChI is InChI=1S/C31H26/c1-21-14-16-23(17-15-21)30-26-10-4-6-12-28(26)31(29-13-7-5-11-27(29)30)25-19-18-22-8-2-3-9-24(22)20-25/h2-4,6,8-17,20H,5,7,18-19H2,1H3. The van der Waals surface area contributed by atoms with Crippen LogP contribution in [0.1, 0.15) is 41.5 Å². The van der Waals surface area contributed by atoms with Gasteiger partial charge in [-0.3, -0.25) is 0 Å². The third kappa shape index (κ3) is 3.06. The molecule has 0 unspecified atom stereocenters. The van der Waals surface area contributed by atoms with E-state index in [1.54, 1.807) is 0 Å². The molecule has 2 aliphatic carbocycles. The molecule has 2 aliphatic rings. The first-order chi connectivity index (χ1) is 15.3. The smallest absolute Gasteiger partial charge is 0.00297 e. The van der Waals surface area contributed by atoms with Crippen molar-refractivity contribution in [3.63, 3.8) is 0 Å². The molecule has 0 amide bonds. The third-order valence-electron chi connectivity index (χ3n) is 6.87. The van der Waals surface area contributed by atoms with Gasteiger partial charge in [-0.1, -0.05) is 96.6 Å². The lowest BCUT2D eigenvalue weighted by Crippen LogP contribution is -2.33. The molecule has 0 fully saturated rings. The average molecular weight is 399 g/mol. The molecule has 0 saturated heterocycles. The molecule has 150 valence electrons. The summed E-state index contributed by atoms with van der Waals surface area (Å²) in [6, 6.07) is 26.9. The van der Waals surface area contributed by atoms with Crippen LogP contribution in [0.15, 0.2) is 72.8 Å². The SMILES string of the molecule is Cc1ccc(-c2c3c(c(C4=Cc5ccccc5CC4)c4ccccc24)=CCCC=3)cc1. The number of allylic oxidation sites excluding steroid dienone is 1. The van der Waals surface area contributed by atoms with Crippen molar-refractivity contribution < 1.29 is 0 Å². The van der Waals surface area contributed by atoms with Crippen molar-refractivity contribution >= 4 is 34.6 Å². The van der Waals surface area contributed by atoms with Crippen LogP contribution in [-0.4, -0.2) is 0 Å². The van der Waals surface area contributed by atoms with Gasteiger partial charge in [0.25, 0.3) is 0 Å². The number of rotatable bonds is 2. The van der Waals surface area contributed by atoms with Crippen molar-refractivity contribution in [2.24, 2.45) is 0 Å². The summed E-state index contributed by atoms with van der Waals surface area (Å²) in [6.45, 7) is 2.16. The topological polar surface area (TPSA) is 0 Å². The Bertz CT molecular complexity index is 1460. The van der Waals surface area contributed by atoms with Gasteiger partial charge in [0.1, 0.15) is 0 Å². The molecule has 0 bridgehead atoms. The normalized spacial score (nSPS) is 14.8. The maximum Gasteiger partial charge on any atom is -0.00297 e. The Kier molecular flexibility index (Phi) is 4.39. The van der Waals surface area contributed by atoms with Gasteiger partial charge in [0.2, 0.25) is 0 Å². The largest absolute Gasteiger partial charge is 0.0757 e. The molecule has 0 heterocycles. The van der Waals surface area contributed by atoms with Crippen LogP contribution in [0.4, 0.5) is 0 Å². The van der Waals surface area contributed by atoms with Gasteiger partial charge in [-0.25, -0.2) is 0 Å². The Labute approximate surface area is 183 Å². The highest BCUT2D eigenvalue weighted by Gasteiger charge is 2.19. The second-order valence-electron chi connectivity index (χ2n) is 8.84. The molecule has 0 saturated carbocycles. The van der Waals surface area contributed by atoms with E-state index in [2.05, 4.69) is 97.9 Å². The van der Waals surface area contributed by atoms with E-state index in [9.17, 15) is 0 Å². The van der Waals surface area contributed by atoms with Crippen LogP contribution >= 0.6 is 0 Å². The predicted octanol–water partition coefficient (Wildman–Crippen LogP) is 6.66. The molecule has 0 aromatic heterocycles. The predicted molar refractivity (Wildman–Crippen MR) is 134 cm³/mol. The molecule has 0 atom stereocenters. The summed E-state index contributed by atoms with van der Waals surface area (Å²) in [6.07, 6.45) is 11.9. The zero-order chi connectivity index (χ0) is 20.8. The van der Waals surface area contributed by atoms with E-state index in [1.165, 1.54) is 60.2 Å². The highest BCUT2D eigenvalue weighted by atomic mass is 14.2. The molecule has 0 N–H and O–H groups in total. The van der Waals surface area contributed by atoms with Crippen molar-refractivity contribution in [1.82, 2.24) is 0 Å². The number of benzene rings is 4. The Hall–Kier alpha value is -3.38. The summed E-state index contributed by atoms with van der Waals surface area (Å²) in [7, 11) is 0. The van der Waals surface area contributed by atoms with Crippen molar-refractivity contribution in [2.45, 2.75) is 32.6 Å². The summed E-state index contributed by atoms with van der Waals surface area (Å²) in [5, 5.41) is 5.61. The summed E-state index contributed by atoms with van der Waals surface area (Å²) in [5.74, 6) is 0. The van der Waals surface area contributed by atoms with Gasteiger partial charge in [0, 0.05) is 0 Å². The van der Waals surface area contributed by atoms with Gasteiger partial charge < -0.3 is 0 Å². The van der Waals surface area contributed by atoms with Crippen molar-refractivity contribution in [2.75, 3.05) is 0 Å². The first-order valence-corrected chi connectivity index (χ1v) is 11.4. The van der Waals surface area contributed by atoms with E-state index in [0.29, 0.717) is 0 Å². The van der Waals surface area contributed by atoms with Crippen LogP contribution in [0.25, 0.3) is 45.7 Å². The number of hydrogen-bond acceptors (Lipinski definition) is 0. The Morgan fingerprint density at radius 3 is 2.03 bits per heavy atom. The lowest BCUT2D eigenvalue weighted by atomic mass is 9.82. The minimum absolute atomic E-state index is 1.10. The summed E-state index contributed by atoms with van der Waals surface area (Å²) >= 11 is 0. The van der Waals surface area contributed by atoms with E-state index in [-0.39, 0.29) is 0 Å². The maximum atomic E-state index is 2.48. The van der Waals surface area contributed by atoms with E-state index in [0.717, 1.165) is 25.7 Å². The number of fused-ring (bicyclic) bond motifs is 3. The first-order valence-electron chi connectivity index (χ1n) is 11.4. The molecule has 0 aliphatic heterocycles. The summed E-state index contributed by atoms with van der Waals surface area (Å²) < 4.78 is 0. The van der Waals surface area contributed by atoms with E-state index >= 15 is 0 Å². The monoisotopic (exact) mass is 398 g/mol. The minimum Gasteiger partial charge on any atom is -0.0757 e. The molecule has 0 nitrogen and oxygen atoms in total.